The summed E-state index contributed by atoms with van der Waals surface area (Å²) in [7, 11) is -2.82. The summed E-state index contributed by atoms with van der Waals surface area (Å²) in [6.45, 7) is -0.117. The molecule has 4 N–H and O–H groups in total. The highest BCUT2D eigenvalue weighted by molar-refractivity contribution is 7.46. The third-order valence-electron chi connectivity index (χ3n) is 5.48. The van der Waals surface area contributed by atoms with Gasteiger partial charge in [-0.2, -0.15) is 0 Å². The molecule has 1 aliphatic rings. The first-order valence-corrected chi connectivity index (χ1v) is 11.0. The van der Waals surface area contributed by atoms with Crippen LogP contribution in [0, 0.1) is 0 Å². The molecule has 0 unspecified atom stereocenters. The summed E-state index contributed by atoms with van der Waals surface area (Å²) in [5.41, 5.74) is 9.37. The predicted octanol–water partition coefficient (Wildman–Crippen LogP) is 3.55. The van der Waals surface area contributed by atoms with E-state index >= 15 is 0 Å². The predicted molar refractivity (Wildman–Crippen MR) is 108 cm³/mol. The zero-order chi connectivity index (χ0) is 20.2. The average Bonchev–Trinajstić information content (AvgIpc) is 3.08. The number of methoxy groups -OCH3 is 1. The van der Waals surface area contributed by atoms with Crippen LogP contribution in [0.25, 0.3) is 0 Å². The van der Waals surface area contributed by atoms with Crippen molar-refractivity contribution in [1.29, 1.82) is 0 Å². The van der Waals surface area contributed by atoms with Crippen LogP contribution in [0.2, 0.25) is 0 Å². The number of rotatable bonds is 8. The van der Waals surface area contributed by atoms with E-state index in [0.29, 0.717) is 18.8 Å². The highest BCUT2D eigenvalue weighted by atomic mass is 31.2. The molecule has 0 amide bonds. The highest BCUT2D eigenvalue weighted by Crippen LogP contribution is 2.43. The molecular formula is C21H28NO5P. The van der Waals surface area contributed by atoms with Crippen molar-refractivity contribution in [3.8, 4) is 5.75 Å². The molecule has 0 aromatic heterocycles. The molecule has 7 heteroatoms. The Balaban J connectivity index is 1.53. The quantitative estimate of drug-likeness (QED) is 0.581. The summed E-state index contributed by atoms with van der Waals surface area (Å²) in [5, 5.41) is 0. The number of hydrogen-bond donors (Lipinski definition) is 3. The van der Waals surface area contributed by atoms with Gasteiger partial charge in [0.2, 0.25) is 0 Å². The fraction of sp³-hybridized carbons (Fsp3) is 0.429. The van der Waals surface area contributed by atoms with Crippen molar-refractivity contribution in [2.24, 2.45) is 5.73 Å². The Hall–Kier alpha value is -1.69. The zero-order valence-electron chi connectivity index (χ0n) is 16.1. The minimum atomic E-state index is -4.48. The van der Waals surface area contributed by atoms with E-state index in [2.05, 4.69) is 40.9 Å². The van der Waals surface area contributed by atoms with Crippen molar-refractivity contribution in [3.05, 3.63) is 65.2 Å². The molecule has 0 heterocycles. The van der Waals surface area contributed by atoms with Gasteiger partial charge in [-0.15, -0.1) is 0 Å². The number of nitrogens with two attached hydrogens (primary N) is 1. The lowest BCUT2D eigenvalue weighted by atomic mass is 9.92. The molecule has 1 fully saturated rings. The Morgan fingerprint density at radius 2 is 1.64 bits per heavy atom. The molecule has 6 nitrogen and oxygen atoms in total. The zero-order valence-corrected chi connectivity index (χ0v) is 17.0. The summed E-state index contributed by atoms with van der Waals surface area (Å²) in [5.74, 6) is 1.16. The monoisotopic (exact) mass is 405 g/mol. The maximum atomic E-state index is 10.9. The lowest BCUT2D eigenvalue weighted by Crippen LogP contribution is -2.41. The van der Waals surface area contributed by atoms with Gasteiger partial charge in [-0.1, -0.05) is 36.4 Å². The van der Waals surface area contributed by atoms with Gasteiger partial charge in [0.1, 0.15) is 5.75 Å². The first-order valence-electron chi connectivity index (χ1n) is 9.47. The largest absolute Gasteiger partial charge is 0.497 e. The van der Waals surface area contributed by atoms with Gasteiger partial charge >= 0.3 is 7.82 Å². The van der Waals surface area contributed by atoms with Gasteiger partial charge in [0.05, 0.1) is 13.7 Å². The normalized spacial score (nSPS) is 22.4. The molecule has 0 spiro atoms. The molecule has 2 aromatic carbocycles. The van der Waals surface area contributed by atoms with Crippen molar-refractivity contribution >= 4 is 7.82 Å². The molecule has 0 bridgehead atoms. The standard InChI is InChI=1S/C21H28NO5P/c1-26-20-10-6-17(7-11-20)3-2-16-4-8-18(9-5-16)19-12-13-21(22,14-19)15-27-28(23,24)25/h4-11,19H,2-3,12-15,22H2,1H3,(H2,23,24,25)/t19-,21-/m1/s1. The summed E-state index contributed by atoms with van der Waals surface area (Å²) in [4.78, 5) is 17.8. The SMILES string of the molecule is COc1ccc(CCc2ccc([C@@H]3CC[C@](N)(COP(=O)(O)O)C3)cc2)cc1. The second kappa shape index (κ2) is 8.76. The molecule has 0 aliphatic heterocycles. The van der Waals surface area contributed by atoms with Gasteiger partial charge in [-0.05, 0) is 66.8 Å². The maximum absolute atomic E-state index is 10.9. The summed E-state index contributed by atoms with van der Waals surface area (Å²) < 4.78 is 20.8. The van der Waals surface area contributed by atoms with Crippen LogP contribution in [0.5, 0.6) is 5.75 Å². The molecule has 1 saturated carbocycles. The lowest BCUT2D eigenvalue weighted by Gasteiger charge is -2.24. The molecule has 3 rings (SSSR count). The molecule has 2 aromatic rings. The molecule has 2 atom stereocenters. The van der Waals surface area contributed by atoms with Crippen LogP contribution in [0.1, 0.15) is 41.9 Å². The number of phosphoric ester groups is 1. The molecule has 28 heavy (non-hydrogen) atoms. The van der Waals surface area contributed by atoms with Gasteiger partial charge in [0.15, 0.2) is 0 Å². The van der Waals surface area contributed by atoms with E-state index in [4.69, 9.17) is 20.3 Å². The topological polar surface area (TPSA) is 102 Å². The van der Waals surface area contributed by atoms with E-state index in [1.54, 1.807) is 7.11 Å². The highest BCUT2D eigenvalue weighted by Gasteiger charge is 2.38. The van der Waals surface area contributed by atoms with Gasteiger partial charge in [-0.3, -0.25) is 4.52 Å². The van der Waals surface area contributed by atoms with Crippen molar-refractivity contribution in [1.82, 2.24) is 0 Å². The van der Waals surface area contributed by atoms with E-state index in [0.717, 1.165) is 25.0 Å². The Morgan fingerprint density at radius 1 is 1.07 bits per heavy atom. The Kier molecular flexibility index (Phi) is 6.58. The number of phosphoric acid groups is 1. The number of hydrogen-bond acceptors (Lipinski definition) is 4. The summed E-state index contributed by atoms with van der Waals surface area (Å²) in [6, 6.07) is 16.7. The first kappa shape index (κ1) is 21.0. The molecular weight excluding hydrogens is 377 g/mol. The van der Waals surface area contributed by atoms with Gasteiger partial charge in [0, 0.05) is 5.54 Å². The summed E-state index contributed by atoms with van der Waals surface area (Å²) >= 11 is 0. The van der Waals surface area contributed by atoms with E-state index in [9.17, 15) is 4.57 Å². The second-order valence-corrected chi connectivity index (χ2v) is 8.90. The maximum Gasteiger partial charge on any atom is 0.469 e. The van der Waals surface area contributed by atoms with Gasteiger partial charge in [0.25, 0.3) is 0 Å². The number of benzene rings is 2. The van der Waals surface area contributed by atoms with Crippen molar-refractivity contribution in [3.63, 3.8) is 0 Å². The lowest BCUT2D eigenvalue weighted by molar-refractivity contribution is 0.153. The van der Waals surface area contributed by atoms with E-state index in [1.807, 2.05) is 12.1 Å². The Bertz CT molecular complexity index is 818. The van der Waals surface area contributed by atoms with Gasteiger partial charge < -0.3 is 20.3 Å². The fourth-order valence-electron chi connectivity index (χ4n) is 3.82. The third-order valence-corrected chi connectivity index (χ3v) is 5.94. The molecule has 1 aliphatic carbocycles. The molecule has 152 valence electrons. The van der Waals surface area contributed by atoms with Gasteiger partial charge in [-0.25, -0.2) is 4.57 Å². The average molecular weight is 405 g/mol. The molecule has 0 radical (unpaired) electrons. The van der Waals surface area contributed by atoms with Crippen LogP contribution in [0.4, 0.5) is 0 Å². The second-order valence-electron chi connectivity index (χ2n) is 7.66. The van der Waals surface area contributed by atoms with Crippen molar-refractivity contribution < 1.29 is 23.6 Å². The van der Waals surface area contributed by atoms with Crippen LogP contribution in [-0.2, 0) is 21.9 Å². The van der Waals surface area contributed by atoms with Crippen LogP contribution < -0.4 is 10.5 Å². The minimum Gasteiger partial charge on any atom is -0.497 e. The van der Waals surface area contributed by atoms with E-state index in [1.165, 1.54) is 16.7 Å². The Labute approximate surface area is 165 Å². The van der Waals surface area contributed by atoms with Crippen LogP contribution in [-0.4, -0.2) is 29.0 Å². The van der Waals surface area contributed by atoms with E-state index < -0.39 is 13.4 Å². The number of aryl methyl sites for hydroxylation is 2. The fourth-order valence-corrected chi connectivity index (χ4v) is 4.25. The summed E-state index contributed by atoms with van der Waals surface area (Å²) in [6.07, 6.45) is 4.19. The van der Waals surface area contributed by atoms with Crippen molar-refractivity contribution in [2.45, 2.75) is 43.6 Å². The van der Waals surface area contributed by atoms with Crippen LogP contribution in [0.3, 0.4) is 0 Å². The van der Waals surface area contributed by atoms with Crippen LogP contribution >= 0.6 is 7.82 Å². The molecule has 0 saturated heterocycles. The Morgan fingerprint density at radius 3 is 2.18 bits per heavy atom. The minimum absolute atomic E-state index is 0.117. The first-order chi connectivity index (χ1) is 13.3. The van der Waals surface area contributed by atoms with Crippen LogP contribution in [0.15, 0.2) is 48.5 Å². The van der Waals surface area contributed by atoms with E-state index in [-0.39, 0.29) is 6.61 Å². The number of ether oxygens (including phenoxy) is 1. The van der Waals surface area contributed by atoms with Crippen molar-refractivity contribution in [2.75, 3.05) is 13.7 Å². The smallest absolute Gasteiger partial charge is 0.469 e. The third kappa shape index (κ3) is 5.90.